The molecule has 1 saturated heterocycles. The summed E-state index contributed by atoms with van der Waals surface area (Å²) in [4.78, 5) is 20.8. The number of nitrogens with two attached hydrogens (primary N) is 1. The number of carbonyl (C=O) groups excluding carboxylic acids is 1. The summed E-state index contributed by atoms with van der Waals surface area (Å²) in [6.45, 7) is 2.25. The largest absolute Gasteiger partial charge is 0.381 e. The van der Waals surface area contributed by atoms with E-state index in [1.807, 2.05) is 11.9 Å². The molecular formula is C16H25N3O2S. The smallest absolute Gasteiger partial charge is 0.230 e. The first-order chi connectivity index (χ1) is 10.6. The number of hydrogen-bond donors (Lipinski definition) is 1. The van der Waals surface area contributed by atoms with Crippen molar-refractivity contribution in [1.29, 1.82) is 0 Å². The third-order valence-corrected chi connectivity index (χ3v) is 6.05. The van der Waals surface area contributed by atoms with Crippen molar-refractivity contribution in [2.75, 3.05) is 26.8 Å². The van der Waals surface area contributed by atoms with Gasteiger partial charge in [-0.3, -0.25) is 4.79 Å². The molecule has 3 rings (SSSR count). The second-order valence-corrected chi connectivity index (χ2v) is 7.61. The molecule has 0 unspecified atom stereocenters. The maximum atomic E-state index is 12.9. The molecule has 2 N–H and O–H groups in total. The van der Waals surface area contributed by atoms with Crippen LogP contribution in [-0.2, 0) is 28.9 Å². The summed E-state index contributed by atoms with van der Waals surface area (Å²) in [7, 11) is 1.87. The van der Waals surface area contributed by atoms with Gasteiger partial charge in [-0.15, -0.1) is 11.3 Å². The molecule has 0 atom stereocenters. The summed E-state index contributed by atoms with van der Waals surface area (Å²) in [5, 5.41) is 1.06. The predicted octanol–water partition coefficient (Wildman–Crippen LogP) is 1.74. The van der Waals surface area contributed by atoms with Gasteiger partial charge in [0.05, 0.1) is 17.7 Å². The van der Waals surface area contributed by atoms with E-state index >= 15 is 0 Å². The Balaban J connectivity index is 1.69. The Kier molecular flexibility index (Phi) is 4.80. The van der Waals surface area contributed by atoms with Crippen LogP contribution in [0.15, 0.2) is 0 Å². The topological polar surface area (TPSA) is 68.5 Å². The van der Waals surface area contributed by atoms with Crippen LogP contribution in [0.1, 0.15) is 41.3 Å². The van der Waals surface area contributed by atoms with Gasteiger partial charge < -0.3 is 15.4 Å². The van der Waals surface area contributed by atoms with E-state index in [2.05, 4.69) is 0 Å². The number of hydrogen-bond acceptors (Lipinski definition) is 5. The summed E-state index contributed by atoms with van der Waals surface area (Å²) in [5.74, 6) is 0.145. The Morgan fingerprint density at radius 3 is 2.77 bits per heavy atom. The molecule has 1 aliphatic carbocycles. The number of thiazole rings is 1. The fourth-order valence-electron chi connectivity index (χ4n) is 3.42. The maximum Gasteiger partial charge on any atom is 0.230 e. The van der Waals surface area contributed by atoms with Crippen LogP contribution in [0.2, 0.25) is 0 Å². The molecule has 0 radical (unpaired) electrons. The molecule has 5 nitrogen and oxygen atoms in total. The third-order valence-electron chi connectivity index (χ3n) is 4.90. The van der Waals surface area contributed by atoms with Crippen molar-refractivity contribution >= 4 is 17.2 Å². The lowest BCUT2D eigenvalue weighted by molar-refractivity contribution is -0.146. The van der Waals surface area contributed by atoms with Crippen LogP contribution in [-0.4, -0.2) is 42.6 Å². The summed E-state index contributed by atoms with van der Waals surface area (Å²) < 4.78 is 5.39. The van der Waals surface area contributed by atoms with Crippen LogP contribution in [0.25, 0.3) is 0 Å². The Morgan fingerprint density at radius 1 is 1.36 bits per heavy atom. The molecule has 122 valence electrons. The van der Waals surface area contributed by atoms with Crippen LogP contribution < -0.4 is 5.73 Å². The average molecular weight is 323 g/mol. The second-order valence-electron chi connectivity index (χ2n) is 6.44. The molecule has 1 fully saturated rings. The van der Waals surface area contributed by atoms with Crippen LogP contribution in [0.3, 0.4) is 0 Å². The minimum absolute atomic E-state index is 0.145. The van der Waals surface area contributed by atoms with Crippen LogP contribution in [0.5, 0.6) is 0 Å². The average Bonchev–Trinajstić information content (AvgIpc) is 2.96. The summed E-state index contributed by atoms with van der Waals surface area (Å²) >= 11 is 1.77. The van der Waals surface area contributed by atoms with E-state index in [0.29, 0.717) is 26.3 Å². The Hall–Kier alpha value is -0.980. The highest BCUT2D eigenvalue weighted by molar-refractivity contribution is 7.11. The van der Waals surface area contributed by atoms with Gasteiger partial charge in [-0.25, -0.2) is 4.98 Å². The molecule has 1 aromatic heterocycles. The lowest BCUT2D eigenvalue weighted by Gasteiger charge is -2.37. The van der Waals surface area contributed by atoms with Crippen molar-refractivity contribution in [3.63, 3.8) is 0 Å². The molecule has 1 aromatic rings. The monoisotopic (exact) mass is 323 g/mol. The molecule has 0 aromatic carbocycles. The quantitative estimate of drug-likeness (QED) is 0.916. The molecular weight excluding hydrogens is 298 g/mol. The van der Waals surface area contributed by atoms with Gasteiger partial charge in [-0.05, 0) is 38.5 Å². The van der Waals surface area contributed by atoms with Gasteiger partial charge in [0.1, 0.15) is 5.01 Å². The normalized spacial score (nSPS) is 20.5. The summed E-state index contributed by atoms with van der Waals surface area (Å²) in [5.41, 5.74) is 6.75. The van der Waals surface area contributed by atoms with Crippen molar-refractivity contribution in [1.82, 2.24) is 9.88 Å². The number of aromatic nitrogens is 1. The number of rotatable bonds is 4. The second kappa shape index (κ2) is 6.64. The molecule has 0 bridgehead atoms. The van der Waals surface area contributed by atoms with Crippen molar-refractivity contribution < 1.29 is 9.53 Å². The van der Waals surface area contributed by atoms with E-state index in [4.69, 9.17) is 15.5 Å². The maximum absolute atomic E-state index is 12.9. The van der Waals surface area contributed by atoms with Gasteiger partial charge in [-0.2, -0.15) is 0 Å². The van der Waals surface area contributed by atoms with E-state index in [9.17, 15) is 4.79 Å². The fourth-order valence-corrected chi connectivity index (χ4v) is 4.63. The van der Waals surface area contributed by atoms with E-state index in [-0.39, 0.29) is 5.91 Å². The minimum Gasteiger partial charge on any atom is -0.381 e. The van der Waals surface area contributed by atoms with Gasteiger partial charge in [0.25, 0.3) is 0 Å². The van der Waals surface area contributed by atoms with Gasteiger partial charge in [0, 0.05) is 31.7 Å². The zero-order valence-corrected chi connectivity index (χ0v) is 14.1. The zero-order valence-electron chi connectivity index (χ0n) is 13.3. The fraction of sp³-hybridized carbons (Fsp3) is 0.750. The first-order valence-corrected chi connectivity index (χ1v) is 8.97. The first kappa shape index (κ1) is 15.9. The lowest BCUT2D eigenvalue weighted by Crippen LogP contribution is -2.49. The molecule has 2 heterocycles. The van der Waals surface area contributed by atoms with Crippen molar-refractivity contribution in [2.24, 2.45) is 11.1 Å². The number of fused-ring (bicyclic) bond motifs is 1. The highest BCUT2D eigenvalue weighted by Gasteiger charge is 2.40. The number of nitrogens with zero attached hydrogens (tertiary/aromatic N) is 2. The van der Waals surface area contributed by atoms with Gasteiger partial charge in [-0.1, -0.05) is 0 Å². The Labute approximate surface area is 135 Å². The molecule has 0 spiro atoms. The van der Waals surface area contributed by atoms with Crippen molar-refractivity contribution in [3.05, 3.63) is 15.6 Å². The number of aryl methyl sites for hydroxylation is 2. The van der Waals surface area contributed by atoms with E-state index < -0.39 is 5.41 Å². The van der Waals surface area contributed by atoms with E-state index in [0.717, 1.165) is 30.7 Å². The molecule has 6 heteroatoms. The molecule has 2 aliphatic rings. The zero-order chi connectivity index (χ0) is 15.6. The van der Waals surface area contributed by atoms with Crippen molar-refractivity contribution in [3.8, 4) is 0 Å². The Morgan fingerprint density at radius 2 is 2.09 bits per heavy atom. The van der Waals surface area contributed by atoms with E-state index in [1.54, 1.807) is 11.3 Å². The first-order valence-electron chi connectivity index (χ1n) is 8.15. The van der Waals surface area contributed by atoms with Crippen LogP contribution in [0, 0.1) is 5.41 Å². The molecule has 0 saturated carbocycles. The summed E-state index contributed by atoms with van der Waals surface area (Å²) in [6.07, 6.45) is 6.19. The highest BCUT2D eigenvalue weighted by atomic mass is 32.1. The van der Waals surface area contributed by atoms with Crippen LogP contribution >= 0.6 is 11.3 Å². The lowest BCUT2D eigenvalue weighted by atomic mass is 9.79. The Bertz CT molecular complexity index is 514. The molecule has 1 amide bonds. The third kappa shape index (κ3) is 3.05. The SMILES string of the molecule is CN(Cc1nc2c(s1)CCCC2)C(=O)C1(CN)CCOCC1. The summed E-state index contributed by atoms with van der Waals surface area (Å²) in [6, 6.07) is 0. The number of carbonyl (C=O) groups is 1. The minimum atomic E-state index is -0.441. The predicted molar refractivity (Wildman–Crippen MR) is 86.8 cm³/mol. The van der Waals surface area contributed by atoms with Gasteiger partial charge in [0.15, 0.2) is 0 Å². The van der Waals surface area contributed by atoms with Gasteiger partial charge >= 0.3 is 0 Å². The van der Waals surface area contributed by atoms with E-state index in [1.165, 1.54) is 23.4 Å². The number of ether oxygens (including phenoxy) is 1. The molecule has 1 aliphatic heterocycles. The van der Waals surface area contributed by atoms with Crippen LogP contribution in [0.4, 0.5) is 0 Å². The number of amides is 1. The van der Waals surface area contributed by atoms with Gasteiger partial charge in [0.2, 0.25) is 5.91 Å². The standard InChI is InChI=1S/C16H25N3O2S/c1-19(15(20)16(11-17)6-8-21-9-7-16)10-14-18-12-4-2-3-5-13(12)22-14/h2-11,17H2,1H3. The molecule has 22 heavy (non-hydrogen) atoms. The highest BCUT2D eigenvalue weighted by Crippen LogP contribution is 2.32. The van der Waals surface area contributed by atoms with Crippen molar-refractivity contribution in [2.45, 2.75) is 45.1 Å².